The topological polar surface area (TPSA) is 38.7 Å². The van der Waals surface area contributed by atoms with Crippen LogP contribution in [0.3, 0.4) is 0 Å². The van der Waals surface area contributed by atoms with Crippen molar-refractivity contribution in [2.45, 2.75) is 44.6 Å². The molecule has 3 rings (SSSR count). The highest BCUT2D eigenvalue weighted by atomic mass is 35.5. The summed E-state index contributed by atoms with van der Waals surface area (Å²) in [5.41, 5.74) is 0.853. The molecule has 0 radical (unpaired) electrons. The second kappa shape index (κ2) is 6.23. The molecular weight excluding hydrogens is 276 g/mol. The first-order valence-corrected chi connectivity index (χ1v) is 7.90. The summed E-state index contributed by atoms with van der Waals surface area (Å²) in [4.78, 5) is 0. The molecule has 0 spiro atoms. The molecule has 1 aromatic rings. The number of ether oxygens (including phenoxy) is 2. The summed E-state index contributed by atoms with van der Waals surface area (Å²) in [6, 6.07) is 3.72. The Morgan fingerprint density at radius 1 is 1.05 bits per heavy atom. The molecule has 0 aromatic heterocycles. The van der Waals surface area contributed by atoms with E-state index >= 15 is 0 Å². The zero-order valence-electron chi connectivity index (χ0n) is 11.6. The molecule has 3 nitrogen and oxygen atoms in total. The fourth-order valence-electron chi connectivity index (χ4n) is 3.14. The molecule has 110 valence electrons. The van der Waals surface area contributed by atoms with Gasteiger partial charge in [-0.2, -0.15) is 0 Å². The Hall–Kier alpha value is -0.930. The second-order valence-corrected chi connectivity index (χ2v) is 6.13. The van der Waals surface area contributed by atoms with Crippen molar-refractivity contribution in [3.63, 3.8) is 0 Å². The fourth-order valence-corrected chi connectivity index (χ4v) is 3.42. The van der Waals surface area contributed by atoms with Crippen molar-refractivity contribution < 1.29 is 14.6 Å². The maximum Gasteiger partial charge on any atom is 0.179 e. The van der Waals surface area contributed by atoms with Gasteiger partial charge in [0.1, 0.15) is 0 Å². The Bertz CT molecular complexity index is 469. The van der Waals surface area contributed by atoms with E-state index in [1.54, 1.807) is 0 Å². The van der Waals surface area contributed by atoms with Gasteiger partial charge in [-0.1, -0.05) is 30.9 Å². The largest absolute Gasteiger partial charge is 0.489 e. The molecular formula is C16H21ClO3. The first-order valence-electron chi connectivity index (χ1n) is 7.53. The summed E-state index contributed by atoms with van der Waals surface area (Å²) in [6.45, 7) is 1.25. The minimum Gasteiger partial charge on any atom is -0.489 e. The van der Waals surface area contributed by atoms with E-state index in [2.05, 4.69) is 0 Å². The Morgan fingerprint density at radius 2 is 1.80 bits per heavy atom. The lowest BCUT2D eigenvalue weighted by molar-refractivity contribution is 0.0845. The number of aliphatic hydroxyl groups is 1. The molecule has 0 bridgehead atoms. The van der Waals surface area contributed by atoms with E-state index < -0.39 is 6.10 Å². The van der Waals surface area contributed by atoms with E-state index in [0.717, 1.165) is 24.8 Å². The second-order valence-electron chi connectivity index (χ2n) is 5.72. The Balaban J connectivity index is 1.86. The molecule has 4 heteroatoms. The van der Waals surface area contributed by atoms with Gasteiger partial charge < -0.3 is 14.6 Å². The first-order chi connectivity index (χ1) is 9.75. The van der Waals surface area contributed by atoms with Gasteiger partial charge >= 0.3 is 0 Å². The van der Waals surface area contributed by atoms with Crippen LogP contribution in [-0.2, 0) is 0 Å². The van der Waals surface area contributed by atoms with Crippen LogP contribution >= 0.6 is 11.6 Å². The maximum absolute atomic E-state index is 10.6. The van der Waals surface area contributed by atoms with Gasteiger partial charge in [0, 0.05) is 6.42 Å². The van der Waals surface area contributed by atoms with Crippen LogP contribution in [0.5, 0.6) is 11.5 Å². The summed E-state index contributed by atoms with van der Waals surface area (Å²) in [5, 5.41) is 11.1. The number of benzene rings is 1. The normalized spacial score (nSPS) is 21.3. The average molecular weight is 297 g/mol. The van der Waals surface area contributed by atoms with E-state index in [4.69, 9.17) is 21.1 Å². The van der Waals surface area contributed by atoms with Crippen LogP contribution in [0.4, 0.5) is 0 Å². The third-order valence-corrected chi connectivity index (χ3v) is 4.54. The molecule has 1 N–H and O–H groups in total. The summed E-state index contributed by atoms with van der Waals surface area (Å²) in [5.74, 6) is 1.62. The Kier molecular flexibility index (Phi) is 4.37. The van der Waals surface area contributed by atoms with Gasteiger partial charge in [-0.25, -0.2) is 0 Å². The minimum atomic E-state index is -0.454. The predicted molar refractivity (Wildman–Crippen MR) is 78.6 cm³/mol. The highest BCUT2D eigenvalue weighted by Gasteiger charge is 2.25. The lowest BCUT2D eigenvalue weighted by atomic mass is 9.83. The number of halogens is 1. The first kappa shape index (κ1) is 14.0. The Morgan fingerprint density at radius 3 is 2.60 bits per heavy atom. The van der Waals surface area contributed by atoms with Crippen molar-refractivity contribution in [1.82, 2.24) is 0 Å². The molecule has 1 saturated carbocycles. The molecule has 1 heterocycles. The van der Waals surface area contributed by atoms with E-state index in [0.29, 0.717) is 35.7 Å². The van der Waals surface area contributed by atoms with Gasteiger partial charge in [-0.15, -0.1) is 0 Å². The van der Waals surface area contributed by atoms with Crippen molar-refractivity contribution in [3.05, 3.63) is 22.7 Å². The monoisotopic (exact) mass is 296 g/mol. The van der Waals surface area contributed by atoms with Gasteiger partial charge in [-0.05, 0) is 36.5 Å². The summed E-state index contributed by atoms with van der Waals surface area (Å²) >= 11 is 6.29. The number of rotatable bonds is 2. The minimum absolute atomic E-state index is 0.338. The van der Waals surface area contributed by atoms with Gasteiger partial charge in [0.25, 0.3) is 0 Å². The van der Waals surface area contributed by atoms with Crippen LogP contribution in [0.15, 0.2) is 12.1 Å². The van der Waals surface area contributed by atoms with E-state index in [9.17, 15) is 5.11 Å². The van der Waals surface area contributed by atoms with Crippen molar-refractivity contribution >= 4 is 11.6 Å². The van der Waals surface area contributed by atoms with Crippen molar-refractivity contribution in [2.75, 3.05) is 13.2 Å². The van der Waals surface area contributed by atoms with Crippen LogP contribution in [0.25, 0.3) is 0 Å². The molecule has 1 aromatic carbocycles. The average Bonchev–Trinajstić information content (AvgIpc) is 2.73. The number of fused-ring (bicyclic) bond motifs is 1. The summed E-state index contributed by atoms with van der Waals surface area (Å²) in [7, 11) is 0. The van der Waals surface area contributed by atoms with E-state index in [1.807, 2.05) is 12.1 Å². The highest BCUT2D eigenvalue weighted by Crippen LogP contribution is 2.42. The molecule has 1 atom stereocenters. The summed E-state index contributed by atoms with van der Waals surface area (Å²) < 4.78 is 11.3. The number of hydrogen-bond donors (Lipinski definition) is 1. The molecule has 20 heavy (non-hydrogen) atoms. The van der Waals surface area contributed by atoms with Gasteiger partial charge in [0.2, 0.25) is 0 Å². The van der Waals surface area contributed by atoms with Crippen molar-refractivity contribution in [1.29, 1.82) is 0 Å². The third kappa shape index (κ3) is 2.89. The molecule has 0 amide bonds. The van der Waals surface area contributed by atoms with Crippen LogP contribution in [0.1, 0.15) is 50.2 Å². The molecule has 0 saturated heterocycles. The SMILES string of the molecule is OC(c1cc(Cl)c2c(c1)OCCCO2)C1CCCCC1. The molecule has 1 fully saturated rings. The lowest BCUT2D eigenvalue weighted by Gasteiger charge is -2.27. The lowest BCUT2D eigenvalue weighted by Crippen LogP contribution is -2.16. The van der Waals surface area contributed by atoms with E-state index in [1.165, 1.54) is 19.3 Å². The highest BCUT2D eigenvalue weighted by molar-refractivity contribution is 6.32. The van der Waals surface area contributed by atoms with Crippen LogP contribution in [0, 0.1) is 5.92 Å². The number of hydrogen-bond acceptors (Lipinski definition) is 3. The van der Waals surface area contributed by atoms with Crippen LogP contribution in [0.2, 0.25) is 5.02 Å². The van der Waals surface area contributed by atoms with Gasteiger partial charge in [-0.3, -0.25) is 0 Å². The smallest absolute Gasteiger partial charge is 0.179 e. The zero-order valence-corrected chi connectivity index (χ0v) is 12.4. The zero-order chi connectivity index (χ0) is 13.9. The Labute approximate surface area is 124 Å². The predicted octanol–water partition coefficient (Wildman–Crippen LogP) is 4.12. The van der Waals surface area contributed by atoms with Crippen LogP contribution < -0.4 is 9.47 Å². The summed E-state index contributed by atoms with van der Waals surface area (Å²) in [6.07, 6.45) is 6.28. The molecule has 2 aliphatic rings. The molecule has 1 aliphatic carbocycles. The standard InChI is InChI=1S/C16H21ClO3/c17-13-9-12(15(18)11-5-2-1-3-6-11)10-14-16(13)20-8-4-7-19-14/h9-11,15,18H,1-8H2. The molecule has 1 unspecified atom stereocenters. The molecule has 1 aliphatic heterocycles. The van der Waals surface area contributed by atoms with E-state index in [-0.39, 0.29) is 0 Å². The quantitative estimate of drug-likeness (QED) is 0.892. The number of aliphatic hydroxyl groups excluding tert-OH is 1. The van der Waals surface area contributed by atoms with Crippen molar-refractivity contribution in [3.8, 4) is 11.5 Å². The van der Waals surface area contributed by atoms with Crippen molar-refractivity contribution in [2.24, 2.45) is 5.92 Å². The van der Waals surface area contributed by atoms with Crippen LogP contribution in [-0.4, -0.2) is 18.3 Å². The third-order valence-electron chi connectivity index (χ3n) is 4.26. The maximum atomic E-state index is 10.6. The van der Waals surface area contributed by atoms with Gasteiger partial charge in [0.15, 0.2) is 11.5 Å². The van der Waals surface area contributed by atoms with Gasteiger partial charge in [0.05, 0.1) is 24.3 Å². The fraction of sp³-hybridized carbons (Fsp3) is 0.625.